The van der Waals surface area contributed by atoms with Gasteiger partial charge in [0, 0.05) is 38.3 Å². The monoisotopic (exact) mass is 383 g/mol. The normalized spacial score (nSPS) is 17.8. The van der Waals surface area contributed by atoms with E-state index in [9.17, 15) is 18.4 Å². The van der Waals surface area contributed by atoms with Crippen LogP contribution in [0.25, 0.3) is 0 Å². The lowest BCUT2D eigenvalue weighted by Crippen LogP contribution is -2.56. The molecule has 0 radical (unpaired) electrons. The number of halogens is 2. The van der Waals surface area contributed by atoms with Gasteiger partial charge in [0.2, 0.25) is 11.8 Å². The second-order valence-electron chi connectivity index (χ2n) is 6.82. The van der Waals surface area contributed by atoms with E-state index in [-0.39, 0.29) is 36.4 Å². The zero-order valence-corrected chi connectivity index (χ0v) is 15.8. The summed E-state index contributed by atoms with van der Waals surface area (Å²) in [5.41, 5.74) is 0.168. The van der Waals surface area contributed by atoms with Gasteiger partial charge in [0.15, 0.2) is 11.6 Å². The van der Waals surface area contributed by atoms with Gasteiger partial charge in [-0.15, -0.1) is 0 Å². The van der Waals surface area contributed by atoms with Gasteiger partial charge in [-0.25, -0.2) is 8.78 Å². The Kier molecular flexibility index (Phi) is 8.12. The minimum absolute atomic E-state index is 0.0339. The highest BCUT2D eigenvalue weighted by molar-refractivity contribution is 5.88. The molecule has 150 valence electrons. The van der Waals surface area contributed by atoms with Gasteiger partial charge in [0.1, 0.15) is 0 Å². The van der Waals surface area contributed by atoms with Crippen LogP contribution < -0.4 is 10.6 Å². The molecule has 1 fully saturated rings. The molecule has 0 aromatic heterocycles. The number of piperazine rings is 1. The molecular weight excluding hydrogens is 356 g/mol. The highest BCUT2D eigenvalue weighted by atomic mass is 19.2. The van der Waals surface area contributed by atoms with Gasteiger partial charge in [0.25, 0.3) is 0 Å². The van der Waals surface area contributed by atoms with Gasteiger partial charge < -0.3 is 15.4 Å². The first-order valence-corrected chi connectivity index (χ1v) is 9.21. The van der Waals surface area contributed by atoms with E-state index in [4.69, 9.17) is 4.74 Å². The van der Waals surface area contributed by atoms with Crippen molar-refractivity contribution < 1.29 is 23.1 Å². The summed E-state index contributed by atoms with van der Waals surface area (Å²) in [6.45, 7) is 5.82. The minimum Gasteiger partial charge on any atom is -0.379 e. The number of rotatable bonds is 9. The molecule has 1 aliphatic rings. The molecule has 0 unspecified atom stereocenters. The molecule has 0 spiro atoms. The fourth-order valence-corrected chi connectivity index (χ4v) is 2.93. The number of carbonyl (C=O) groups excluding carboxylic acids is 2. The van der Waals surface area contributed by atoms with Crippen LogP contribution in [0.4, 0.5) is 8.78 Å². The number of nitrogens with one attached hydrogen (secondary N) is 2. The van der Waals surface area contributed by atoms with Crippen molar-refractivity contribution in [2.24, 2.45) is 0 Å². The van der Waals surface area contributed by atoms with Crippen molar-refractivity contribution in [2.45, 2.75) is 45.4 Å². The van der Waals surface area contributed by atoms with E-state index in [2.05, 4.69) is 10.6 Å². The van der Waals surface area contributed by atoms with E-state index >= 15 is 0 Å². The van der Waals surface area contributed by atoms with Crippen LogP contribution in [0.5, 0.6) is 0 Å². The summed E-state index contributed by atoms with van der Waals surface area (Å²) in [4.78, 5) is 26.1. The SMILES string of the molecule is CC(C)OCCCNC(=O)C[C@H]1C(=O)NCCN1Cc1cccc(F)c1F. The molecule has 1 heterocycles. The summed E-state index contributed by atoms with van der Waals surface area (Å²) in [5.74, 6) is -2.38. The first-order chi connectivity index (χ1) is 12.9. The maximum absolute atomic E-state index is 13.9. The zero-order chi connectivity index (χ0) is 19.8. The number of ether oxygens (including phenoxy) is 1. The van der Waals surface area contributed by atoms with Crippen LogP contribution in [0.3, 0.4) is 0 Å². The van der Waals surface area contributed by atoms with E-state index in [0.29, 0.717) is 32.7 Å². The van der Waals surface area contributed by atoms with Gasteiger partial charge >= 0.3 is 0 Å². The summed E-state index contributed by atoms with van der Waals surface area (Å²) in [7, 11) is 0. The van der Waals surface area contributed by atoms with E-state index < -0.39 is 17.7 Å². The summed E-state index contributed by atoms with van der Waals surface area (Å²) >= 11 is 0. The Balaban J connectivity index is 1.90. The van der Waals surface area contributed by atoms with Crippen LogP contribution in [0.1, 0.15) is 32.3 Å². The quantitative estimate of drug-likeness (QED) is 0.636. The van der Waals surface area contributed by atoms with Crippen LogP contribution in [0, 0.1) is 11.6 Å². The molecule has 8 heteroatoms. The summed E-state index contributed by atoms with van der Waals surface area (Å²) in [5, 5.41) is 5.49. The average Bonchev–Trinajstić information content (AvgIpc) is 2.61. The van der Waals surface area contributed by atoms with E-state index in [0.717, 1.165) is 6.07 Å². The molecular formula is C19H27F2N3O3. The van der Waals surface area contributed by atoms with Crippen molar-refractivity contribution >= 4 is 11.8 Å². The smallest absolute Gasteiger partial charge is 0.237 e. The van der Waals surface area contributed by atoms with Gasteiger partial charge in [0.05, 0.1) is 18.6 Å². The highest BCUT2D eigenvalue weighted by Gasteiger charge is 2.32. The Morgan fingerprint density at radius 2 is 2.19 bits per heavy atom. The number of hydrogen-bond acceptors (Lipinski definition) is 4. The lowest BCUT2D eigenvalue weighted by atomic mass is 10.1. The minimum atomic E-state index is -0.924. The largest absolute Gasteiger partial charge is 0.379 e. The van der Waals surface area contributed by atoms with Crippen LogP contribution in [0.15, 0.2) is 18.2 Å². The van der Waals surface area contributed by atoms with Crippen molar-refractivity contribution in [1.82, 2.24) is 15.5 Å². The third kappa shape index (κ3) is 6.55. The number of benzene rings is 1. The lowest BCUT2D eigenvalue weighted by Gasteiger charge is -2.34. The predicted octanol–water partition coefficient (Wildman–Crippen LogP) is 1.59. The fourth-order valence-electron chi connectivity index (χ4n) is 2.93. The maximum Gasteiger partial charge on any atom is 0.237 e. The number of hydrogen-bond donors (Lipinski definition) is 2. The van der Waals surface area contributed by atoms with Crippen LogP contribution in [-0.4, -0.2) is 55.1 Å². The molecule has 1 aromatic rings. The molecule has 1 aliphatic heterocycles. The molecule has 0 aliphatic carbocycles. The zero-order valence-electron chi connectivity index (χ0n) is 15.8. The van der Waals surface area contributed by atoms with Gasteiger partial charge in [-0.3, -0.25) is 14.5 Å². The molecule has 27 heavy (non-hydrogen) atoms. The van der Waals surface area contributed by atoms with Crippen molar-refractivity contribution in [2.75, 3.05) is 26.2 Å². The van der Waals surface area contributed by atoms with E-state index in [1.165, 1.54) is 12.1 Å². The summed E-state index contributed by atoms with van der Waals surface area (Å²) in [6, 6.07) is 3.25. The van der Waals surface area contributed by atoms with E-state index in [1.807, 2.05) is 13.8 Å². The fraction of sp³-hybridized carbons (Fsp3) is 0.579. The topological polar surface area (TPSA) is 70.7 Å². The number of carbonyl (C=O) groups is 2. The van der Waals surface area contributed by atoms with Crippen molar-refractivity contribution in [3.8, 4) is 0 Å². The molecule has 2 N–H and O–H groups in total. The predicted molar refractivity (Wildman–Crippen MR) is 96.9 cm³/mol. The Labute approximate surface area is 158 Å². The van der Waals surface area contributed by atoms with Crippen LogP contribution >= 0.6 is 0 Å². The van der Waals surface area contributed by atoms with Crippen molar-refractivity contribution in [3.63, 3.8) is 0 Å². The molecule has 1 aromatic carbocycles. The van der Waals surface area contributed by atoms with Gasteiger partial charge in [-0.05, 0) is 26.3 Å². The maximum atomic E-state index is 13.9. The summed E-state index contributed by atoms with van der Waals surface area (Å²) in [6.07, 6.45) is 0.788. The number of amides is 2. The van der Waals surface area contributed by atoms with Gasteiger partial charge in [-0.1, -0.05) is 12.1 Å². The Morgan fingerprint density at radius 3 is 2.93 bits per heavy atom. The Morgan fingerprint density at radius 1 is 1.41 bits per heavy atom. The molecule has 2 amide bonds. The standard InChI is InChI=1S/C19H27F2N3O3/c1-13(2)27-10-4-7-22-17(25)11-16-19(26)23-8-9-24(16)12-14-5-3-6-15(20)18(14)21/h3,5-6,13,16H,4,7-12H2,1-2H3,(H,22,25)(H,23,26)/t16-/m0/s1. The third-order valence-corrected chi connectivity index (χ3v) is 4.32. The highest BCUT2D eigenvalue weighted by Crippen LogP contribution is 2.18. The van der Waals surface area contributed by atoms with Gasteiger partial charge in [-0.2, -0.15) is 0 Å². The van der Waals surface area contributed by atoms with Crippen molar-refractivity contribution in [3.05, 3.63) is 35.4 Å². The Bertz CT molecular complexity index is 655. The molecule has 1 atom stereocenters. The average molecular weight is 383 g/mol. The van der Waals surface area contributed by atoms with Crippen molar-refractivity contribution in [1.29, 1.82) is 0 Å². The number of nitrogens with zero attached hydrogens (tertiary/aromatic N) is 1. The summed E-state index contributed by atoms with van der Waals surface area (Å²) < 4.78 is 32.8. The molecule has 0 bridgehead atoms. The van der Waals surface area contributed by atoms with Crippen LogP contribution in [0.2, 0.25) is 0 Å². The molecule has 0 saturated carbocycles. The lowest BCUT2D eigenvalue weighted by molar-refractivity contribution is -0.134. The first-order valence-electron chi connectivity index (χ1n) is 9.21. The van der Waals surface area contributed by atoms with E-state index in [1.54, 1.807) is 4.90 Å². The molecule has 1 saturated heterocycles. The Hall–Kier alpha value is -2.06. The third-order valence-electron chi connectivity index (χ3n) is 4.32. The first kappa shape index (κ1) is 21.2. The van der Waals surface area contributed by atoms with Crippen LogP contribution in [-0.2, 0) is 20.9 Å². The molecule has 6 nitrogen and oxygen atoms in total. The molecule has 2 rings (SSSR count). The second-order valence-corrected chi connectivity index (χ2v) is 6.82. The second kappa shape index (κ2) is 10.3.